The Balaban J connectivity index is 2.17. The number of rotatable bonds is 3. The summed E-state index contributed by atoms with van der Waals surface area (Å²) in [5, 5.41) is 3.33. The van der Waals surface area contributed by atoms with E-state index in [1.165, 1.54) is 0 Å². The number of hydrogen-bond acceptors (Lipinski definition) is 3. The highest BCUT2D eigenvalue weighted by molar-refractivity contribution is 5.35. The van der Waals surface area contributed by atoms with Crippen LogP contribution in [0, 0.1) is 0 Å². The predicted octanol–water partition coefficient (Wildman–Crippen LogP) is 2.13. The molecule has 2 rings (SSSR count). The lowest BCUT2D eigenvalue weighted by molar-refractivity contribution is 0.0253. The molecular weight excluding hydrogens is 202 g/mol. The molecule has 1 aliphatic heterocycles. The normalized spacial score (nSPS) is 21.1. The van der Waals surface area contributed by atoms with E-state index in [9.17, 15) is 0 Å². The van der Waals surface area contributed by atoms with Crippen LogP contribution in [-0.4, -0.2) is 25.8 Å². The van der Waals surface area contributed by atoms with Crippen LogP contribution in [0.3, 0.4) is 0 Å². The van der Waals surface area contributed by atoms with E-state index in [4.69, 9.17) is 9.47 Å². The van der Waals surface area contributed by atoms with Gasteiger partial charge in [0.1, 0.15) is 5.75 Å². The van der Waals surface area contributed by atoms with Crippen LogP contribution in [0.15, 0.2) is 24.3 Å². The molecule has 88 valence electrons. The fourth-order valence-corrected chi connectivity index (χ4v) is 1.87. The molecule has 1 atom stereocenters. The van der Waals surface area contributed by atoms with Gasteiger partial charge in [-0.05, 0) is 19.9 Å². The molecular formula is C13H19NO2. The number of morpholine rings is 1. The summed E-state index contributed by atoms with van der Waals surface area (Å²) in [6, 6.07) is 8.11. The second-order valence-corrected chi connectivity index (χ2v) is 4.27. The fraction of sp³-hybridized carbons (Fsp3) is 0.538. The average Bonchev–Trinajstić information content (AvgIpc) is 2.30. The second kappa shape index (κ2) is 5.32. The van der Waals surface area contributed by atoms with Gasteiger partial charge in [0.2, 0.25) is 0 Å². The third-order valence-corrected chi connectivity index (χ3v) is 2.56. The number of hydrogen-bond donors (Lipinski definition) is 1. The van der Waals surface area contributed by atoms with E-state index in [0.29, 0.717) is 0 Å². The number of benzene rings is 1. The van der Waals surface area contributed by atoms with Crippen LogP contribution in [-0.2, 0) is 4.74 Å². The van der Waals surface area contributed by atoms with Crippen molar-refractivity contribution in [2.24, 2.45) is 0 Å². The maximum atomic E-state index is 5.79. The van der Waals surface area contributed by atoms with Gasteiger partial charge in [0.25, 0.3) is 0 Å². The van der Waals surface area contributed by atoms with Gasteiger partial charge in [0, 0.05) is 18.7 Å². The number of nitrogens with one attached hydrogen (secondary N) is 1. The maximum absolute atomic E-state index is 5.79. The van der Waals surface area contributed by atoms with Crippen LogP contribution in [0.4, 0.5) is 0 Å². The molecule has 1 heterocycles. The first kappa shape index (κ1) is 11.4. The largest absolute Gasteiger partial charge is 0.491 e. The Kier molecular flexibility index (Phi) is 3.80. The molecule has 3 heteroatoms. The molecule has 0 bridgehead atoms. The Morgan fingerprint density at radius 3 is 2.88 bits per heavy atom. The van der Waals surface area contributed by atoms with Gasteiger partial charge in [0.15, 0.2) is 0 Å². The van der Waals surface area contributed by atoms with Crippen LogP contribution >= 0.6 is 0 Å². The van der Waals surface area contributed by atoms with Gasteiger partial charge < -0.3 is 14.8 Å². The van der Waals surface area contributed by atoms with Gasteiger partial charge in [-0.2, -0.15) is 0 Å². The molecule has 1 unspecified atom stereocenters. The van der Waals surface area contributed by atoms with E-state index in [0.717, 1.165) is 31.0 Å². The summed E-state index contributed by atoms with van der Waals surface area (Å²) in [6.07, 6.45) is 0.307. The van der Waals surface area contributed by atoms with E-state index in [1.54, 1.807) is 0 Å². The van der Waals surface area contributed by atoms with E-state index in [-0.39, 0.29) is 12.2 Å². The zero-order valence-corrected chi connectivity index (χ0v) is 9.90. The summed E-state index contributed by atoms with van der Waals surface area (Å²) in [5.74, 6) is 0.936. The van der Waals surface area contributed by atoms with Crippen LogP contribution in [0.5, 0.6) is 5.75 Å². The molecule has 1 saturated heterocycles. The summed E-state index contributed by atoms with van der Waals surface area (Å²) in [5.41, 5.74) is 1.14. The zero-order valence-electron chi connectivity index (χ0n) is 9.90. The highest BCUT2D eigenvalue weighted by Gasteiger charge is 2.19. The summed E-state index contributed by atoms with van der Waals surface area (Å²) < 4.78 is 11.5. The van der Waals surface area contributed by atoms with Crippen molar-refractivity contribution in [1.29, 1.82) is 0 Å². The van der Waals surface area contributed by atoms with Gasteiger partial charge >= 0.3 is 0 Å². The summed E-state index contributed by atoms with van der Waals surface area (Å²) in [7, 11) is 0. The SMILES string of the molecule is CC(C)Oc1ccccc1C1CNCCO1. The lowest BCUT2D eigenvalue weighted by atomic mass is 10.1. The van der Waals surface area contributed by atoms with Gasteiger partial charge in [0.05, 0.1) is 18.8 Å². The molecule has 0 radical (unpaired) electrons. The minimum absolute atomic E-state index is 0.115. The topological polar surface area (TPSA) is 30.5 Å². The maximum Gasteiger partial charge on any atom is 0.125 e. The first-order valence-corrected chi connectivity index (χ1v) is 5.85. The Labute approximate surface area is 96.8 Å². The molecule has 1 aliphatic rings. The monoisotopic (exact) mass is 221 g/mol. The molecule has 0 saturated carbocycles. The standard InChI is InChI=1S/C13H19NO2/c1-10(2)16-12-6-4-3-5-11(12)13-9-14-7-8-15-13/h3-6,10,13-14H,7-9H2,1-2H3. The second-order valence-electron chi connectivity index (χ2n) is 4.27. The van der Waals surface area contributed by atoms with Crippen molar-refractivity contribution >= 4 is 0 Å². The molecule has 16 heavy (non-hydrogen) atoms. The summed E-state index contributed by atoms with van der Waals surface area (Å²) in [4.78, 5) is 0. The van der Waals surface area contributed by atoms with Crippen LogP contribution in [0.1, 0.15) is 25.5 Å². The van der Waals surface area contributed by atoms with Crippen LogP contribution in [0.2, 0.25) is 0 Å². The first-order chi connectivity index (χ1) is 7.77. The van der Waals surface area contributed by atoms with Crippen molar-refractivity contribution in [3.63, 3.8) is 0 Å². The molecule has 1 aromatic carbocycles. The minimum atomic E-state index is 0.115. The molecule has 0 spiro atoms. The highest BCUT2D eigenvalue weighted by atomic mass is 16.5. The van der Waals surface area contributed by atoms with Crippen molar-refractivity contribution in [3.05, 3.63) is 29.8 Å². The van der Waals surface area contributed by atoms with Crippen molar-refractivity contribution in [2.45, 2.75) is 26.1 Å². The molecule has 1 N–H and O–H groups in total. The quantitative estimate of drug-likeness (QED) is 0.848. The predicted molar refractivity (Wildman–Crippen MR) is 63.8 cm³/mol. The molecule has 0 aliphatic carbocycles. The molecule has 1 aromatic rings. The summed E-state index contributed by atoms with van der Waals surface area (Å²) >= 11 is 0. The van der Waals surface area contributed by atoms with Gasteiger partial charge in [-0.1, -0.05) is 18.2 Å². The number of para-hydroxylation sites is 1. The van der Waals surface area contributed by atoms with Crippen molar-refractivity contribution in [2.75, 3.05) is 19.7 Å². The highest BCUT2D eigenvalue weighted by Crippen LogP contribution is 2.28. The summed E-state index contributed by atoms with van der Waals surface area (Å²) in [6.45, 7) is 6.64. The van der Waals surface area contributed by atoms with Gasteiger partial charge in [-0.25, -0.2) is 0 Å². The Morgan fingerprint density at radius 2 is 2.19 bits per heavy atom. The van der Waals surface area contributed by atoms with E-state index in [2.05, 4.69) is 11.4 Å². The minimum Gasteiger partial charge on any atom is -0.491 e. The Bertz CT molecular complexity index is 332. The van der Waals surface area contributed by atoms with E-state index >= 15 is 0 Å². The Hall–Kier alpha value is -1.06. The van der Waals surface area contributed by atoms with Crippen LogP contribution < -0.4 is 10.1 Å². The van der Waals surface area contributed by atoms with Gasteiger partial charge in [-0.3, -0.25) is 0 Å². The zero-order chi connectivity index (χ0) is 11.4. The Morgan fingerprint density at radius 1 is 1.38 bits per heavy atom. The molecule has 0 aromatic heterocycles. The smallest absolute Gasteiger partial charge is 0.125 e. The van der Waals surface area contributed by atoms with E-state index < -0.39 is 0 Å². The molecule has 1 fully saturated rings. The van der Waals surface area contributed by atoms with Crippen LogP contribution in [0.25, 0.3) is 0 Å². The third-order valence-electron chi connectivity index (χ3n) is 2.56. The average molecular weight is 221 g/mol. The lowest BCUT2D eigenvalue weighted by Crippen LogP contribution is -2.33. The van der Waals surface area contributed by atoms with Crippen molar-refractivity contribution in [3.8, 4) is 5.75 Å². The fourth-order valence-electron chi connectivity index (χ4n) is 1.87. The van der Waals surface area contributed by atoms with Gasteiger partial charge in [-0.15, -0.1) is 0 Å². The van der Waals surface area contributed by atoms with E-state index in [1.807, 2.05) is 32.0 Å². The number of ether oxygens (including phenoxy) is 2. The third kappa shape index (κ3) is 2.74. The van der Waals surface area contributed by atoms with Crippen molar-refractivity contribution < 1.29 is 9.47 Å². The lowest BCUT2D eigenvalue weighted by Gasteiger charge is -2.26. The van der Waals surface area contributed by atoms with Crippen molar-refractivity contribution in [1.82, 2.24) is 5.32 Å². The molecule has 3 nitrogen and oxygen atoms in total. The molecule has 0 amide bonds. The first-order valence-electron chi connectivity index (χ1n) is 5.85.